The van der Waals surface area contributed by atoms with Crippen LogP contribution in [0.25, 0.3) is 0 Å². The number of amides is 2. The lowest BCUT2D eigenvalue weighted by atomic mass is 9.87. The smallest absolute Gasteiger partial charge is 0.319 e. The number of carbonyl (C=O) groups excluding carboxylic acids is 1. The van der Waals surface area contributed by atoms with Gasteiger partial charge in [-0.3, -0.25) is 0 Å². The standard InChI is InChI=1S/C14H25N3O3/c1-6-11-12(10(3)17-20-11)16-13(19)15-8-14(4,5)7-9(2)18/h9,18H,6-8H2,1-5H3,(H2,15,16,19). The van der Waals surface area contributed by atoms with E-state index in [1.54, 1.807) is 13.8 Å². The second-order valence-corrected chi connectivity index (χ2v) is 5.94. The van der Waals surface area contributed by atoms with Crippen molar-refractivity contribution in [3.8, 4) is 0 Å². The molecule has 0 bridgehead atoms. The number of urea groups is 1. The van der Waals surface area contributed by atoms with E-state index in [0.717, 1.165) is 0 Å². The van der Waals surface area contributed by atoms with Crippen molar-refractivity contribution in [1.29, 1.82) is 0 Å². The molecule has 1 atom stereocenters. The van der Waals surface area contributed by atoms with Crippen molar-refractivity contribution < 1.29 is 14.4 Å². The van der Waals surface area contributed by atoms with Crippen molar-refractivity contribution in [3.05, 3.63) is 11.5 Å². The highest BCUT2D eigenvalue weighted by Crippen LogP contribution is 2.22. The molecule has 0 aliphatic carbocycles. The molecule has 2 amide bonds. The number of anilines is 1. The number of aryl methyl sites for hydroxylation is 2. The predicted molar refractivity (Wildman–Crippen MR) is 77.7 cm³/mol. The van der Waals surface area contributed by atoms with E-state index in [1.807, 2.05) is 20.8 Å². The largest absolute Gasteiger partial charge is 0.393 e. The van der Waals surface area contributed by atoms with Gasteiger partial charge in [-0.2, -0.15) is 0 Å². The lowest BCUT2D eigenvalue weighted by molar-refractivity contribution is 0.129. The number of hydrogen-bond acceptors (Lipinski definition) is 4. The van der Waals surface area contributed by atoms with Crippen molar-refractivity contribution in [3.63, 3.8) is 0 Å². The molecule has 20 heavy (non-hydrogen) atoms. The van der Waals surface area contributed by atoms with Gasteiger partial charge in [0.15, 0.2) is 5.76 Å². The maximum absolute atomic E-state index is 11.9. The van der Waals surface area contributed by atoms with Gasteiger partial charge < -0.3 is 20.3 Å². The first kappa shape index (κ1) is 16.5. The molecule has 1 rings (SSSR count). The van der Waals surface area contributed by atoms with Gasteiger partial charge in [0.05, 0.1) is 6.10 Å². The van der Waals surface area contributed by atoms with E-state index >= 15 is 0 Å². The zero-order valence-corrected chi connectivity index (χ0v) is 12.9. The third kappa shape index (κ3) is 4.85. The maximum Gasteiger partial charge on any atom is 0.319 e. The molecule has 0 aromatic carbocycles. The number of nitrogens with zero attached hydrogens (tertiary/aromatic N) is 1. The average Bonchev–Trinajstić information content (AvgIpc) is 2.67. The molecule has 1 aromatic heterocycles. The van der Waals surface area contributed by atoms with Gasteiger partial charge in [0, 0.05) is 13.0 Å². The number of aliphatic hydroxyl groups is 1. The van der Waals surface area contributed by atoms with Crippen LogP contribution < -0.4 is 10.6 Å². The first-order chi connectivity index (χ1) is 9.25. The zero-order chi connectivity index (χ0) is 15.3. The molecule has 0 radical (unpaired) electrons. The minimum atomic E-state index is -0.387. The summed E-state index contributed by atoms with van der Waals surface area (Å²) >= 11 is 0. The highest BCUT2D eigenvalue weighted by molar-refractivity contribution is 5.90. The minimum absolute atomic E-state index is 0.164. The Labute approximate surface area is 119 Å². The molecule has 1 heterocycles. The van der Waals surface area contributed by atoms with Crippen molar-refractivity contribution in [2.24, 2.45) is 5.41 Å². The van der Waals surface area contributed by atoms with Gasteiger partial charge in [0.2, 0.25) is 0 Å². The molecular weight excluding hydrogens is 258 g/mol. The monoisotopic (exact) mass is 283 g/mol. The maximum atomic E-state index is 11.9. The molecule has 0 saturated carbocycles. The molecular formula is C14H25N3O3. The summed E-state index contributed by atoms with van der Waals surface area (Å²) in [4.78, 5) is 11.9. The highest BCUT2D eigenvalue weighted by atomic mass is 16.5. The third-order valence-corrected chi connectivity index (χ3v) is 3.07. The van der Waals surface area contributed by atoms with Gasteiger partial charge in [-0.15, -0.1) is 0 Å². The van der Waals surface area contributed by atoms with Gasteiger partial charge >= 0.3 is 6.03 Å². The van der Waals surface area contributed by atoms with Crippen LogP contribution >= 0.6 is 0 Å². The van der Waals surface area contributed by atoms with Crippen LogP contribution in [0.15, 0.2) is 4.52 Å². The Morgan fingerprint density at radius 1 is 1.50 bits per heavy atom. The summed E-state index contributed by atoms with van der Waals surface area (Å²) in [5, 5.41) is 18.8. The highest BCUT2D eigenvalue weighted by Gasteiger charge is 2.22. The Hall–Kier alpha value is -1.56. The second-order valence-electron chi connectivity index (χ2n) is 5.94. The summed E-state index contributed by atoms with van der Waals surface area (Å²) in [7, 11) is 0. The average molecular weight is 283 g/mol. The van der Waals surface area contributed by atoms with E-state index in [2.05, 4.69) is 15.8 Å². The van der Waals surface area contributed by atoms with Crippen LogP contribution in [-0.4, -0.2) is 28.9 Å². The van der Waals surface area contributed by atoms with Crippen LogP contribution in [0.2, 0.25) is 0 Å². The Balaban J connectivity index is 2.54. The van der Waals surface area contributed by atoms with Gasteiger partial charge in [-0.25, -0.2) is 4.79 Å². The number of aromatic nitrogens is 1. The predicted octanol–water partition coefficient (Wildman–Crippen LogP) is 2.46. The van der Waals surface area contributed by atoms with E-state index in [9.17, 15) is 9.90 Å². The molecule has 0 saturated heterocycles. The number of hydrogen-bond donors (Lipinski definition) is 3. The van der Waals surface area contributed by atoms with E-state index in [1.165, 1.54) is 0 Å². The Bertz CT molecular complexity index is 453. The fourth-order valence-electron chi connectivity index (χ4n) is 2.17. The lowest BCUT2D eigenvalue weighted by Gasteiger charge is -2.26. The fraction of sp³-hybridized carbons (Fsp3) is 0.714. The number of rotatable bonds is 6. The van der Waals surface area contributed by atoms with Crippen molar-refractivity contribution in [2.45, 2.75) is 53.6 Å². The van der Waals surface area contributed by atoms with E-state index < -0.39 is 0 Å². The van der Waals surface area contributed by atoms with Gasteiger partial charge in [0.1, 0.15) is 11.4 Å². The lowest BCUT2D eigenvalue weighted by Crippen LogP contribution is -2.38. The quantitative estimate of drug-likeness (QED) is 0.748. The molecule has 1 aromatic rings. The van der Waals surface area contributed by atoms with Gasteiger partial charge in [-0.05, 0) is 25.7 Å². The van der Waals surface area contributed by atoms with E-state index in [-0.39, 0.29) is 17.6 Å². The molecule has 6 heteroatoms. The number of nitrogens with one attached hydrogen (secondary N) is 2. The first-order valence-corrected chi connectivity index (χ1v) is 6.93. The van der Waals surface area contributed by atoms with Gasteiger partial charge in [0.25, 0.3) is 0 Å². The molecule has 6 nitrogen and oxygen atoms in total. The summed E-state index contributed by atoms with van der Waals surface area (Å²) in [6.07, 6.45) is 0.908. The molecule has 0 aliphatic heterocycles. The molecule has 0 fully saturated rings. The van der Waals surface area contributed by atoms with Crippen molar-refractivity contribution in [1.82, 2.24) is 10.5 Å². The van der Waals surface area contributed by atoms with Crippen molar-refractivity contribution >= 4 is 11.7 Å². The zero-order valence-electron chi connectivity index (χ0n) is 12.9. The van der Waals surface area contributed by atoms with Crippen LogP contribution in [0.5, 0.6) is 0 Å². The molecule has 1 unspecified atom stereocenters. The number of carbonyl (C=O) groups is 1. The minimum Gasteiger partial charge on any atom is -0.393 e. The van der Waals surface area contributed by atoms with E-state index in [4.69, 9.17) is 4.52 Å². The molecule has 0 spiro atoms. The third-order valence-electron chi connectivity index (χ3n) is 3.07. The summed E-state index contributed by atoms with van der Waals surface area (Å²) in [5.41, 5.74) is 1.14. The molecule has 3 N–H and O–H groups in total. The Morgan fingerprint density at radius 3 is 2.70 bits per heavy atom. The SMILES string of the molecule is CCc1onc(C)c1NC(=O)NCC(C)(C)CC(C)O. The van der Waals surface area contributed by atoms with Crippen LogP contribution in [-0.2, 0) is 6.42 Å². The van der Waals surface area contributed by atoms with Gasteiger partial charge in [-0.1, -0.05) is 25.9 Å². The van der Waals surface area contributed by atoms with Crippen LogP contribution in [0, 0.1) is 12.3 Å². The van der Waals surface area contributed by atoms with Crippen LogP contribution in [0.1, 0.15) is 45.6 Å². The summed E-state index contributed by atoms with van der Waals surface area (Å²) in [6.45, 7) is 9.96. The molecule has 0 aliphatic rings. The topological polar surface area (TPSA) is 87.4 Å². The second kappa shape index (κ2) is 6.74. The summed E-state index contributed by atoms with van der Waals surface area (Å²) in [5.74, 6) is 0.667. The fourth-order valence-corrected chi connectivity index (χ4v) is 2.17. The Morgan fingerprint density at radius 2 is 2.15 bits per heavy atom. The summed E-state index contributed by atoms with van der Waals surface area (Å²) < 4.78 is 5.12. The summed E-state index contributed by atoms with van der Waals surface area (Å²) in [6, 6.07) is -0.287. The normalized spacial score (nSPS) is 13.1. The number of aliphatic hydroxyl groups excluding tert-OH is 1. The molecule has 114 valence electrons. The first-order valence-electron chi connectivity index (χ1n) is 6.93. The van der Waals surface area contributed by atoms with Crippen LogP contribution in [0.4, 0.5) is 10.5 Å². The van der Waals surface area contributed by atoms with Crippen LogP contribution in [0.3, 0.4) is 0 Å². The van der Waals surface area contributed by atoms with E-state index in [0.29, 0.717) is 36.5 Å². The van der Waals surface area contributed by atoms with Crippen molar-refractivity contribution in [2.75, 3.05) is 11.9 Å². The Kier molecular flexibility index (Phi) is 5.56.